The van der Waals surface area contributed by atoms with Gasteiger partial charge in [-0.2, -0.15) is 0 Å². The third kappa shape index (κ3) is 3.74. The monoisotopic (exact) mass is 295 g/mol. The normalized spacial score (nSPS) is 24.5. The minimum atomic E-state index is -0.397. The number of rotatable bonds is 3. The lowest BCUT2D eigenvalue weighted by Gasteiger charge is -2.35. The number of aliphatic hydroxyl groups excluding tert-OH is 1. The highest BCUT2D eigenvalue weighted by atomic mass is 35.5. The smallest absolute Gasteiger partial charge is 0.225 e. The topological polar surface area (TPSA) is 40.5 Å². The highest BCUT2D eigenvalue weighted by Gasteiger charge is 2.29. The van der Waals surface area contributed by atoms with Gasteiger partial charge in [-0.3, -0.25) is 4.79 Å². The molecule has 4 heteroatoms. The van der Waals surface area contributed by atoms with Gasteiger partial charge in [-0.05, 0) is 36.5 Å². The summed E-state index contributed by atoms with van der Waals surface area (Å²) in [4.78, 5) is 14.2. The SMILES string of the molecule is CC(Cc1cccc(Cl)c1)C(=O)N1CCC(C)C(O)C1. The summed E-state index contributed by atoms with van der Waals surface area (Å²) < 4.78 is 0. The molecular weight excluding hydrogens is 274 g/mol. The summed E-state index contributed by atoms with van der Waals surface area (Å²) in [7, 11) is 0. The van der Waals surface area contributed by atoms with Gasteiger partial charge in [0.05, 0.1) is 6.10 Å². The summed E-state index contributed by atoms with van der Waals surface area (Å²) in [6.07, 6.45) is 1.16. The Morgan fingerprint density at radius 3 is 2.95 bits per heavy atom. The van der Waals surface area contributed by atoms with E-state index >= 15 is 0 Å². The Morgan fingerprint density at radius 2 is 2.30 bits per heavy atom. The number of aliphatic hydroxyl groups is 1. The van der Waals surface area contributed by atoms with E-state index in [-0.39, 0.29) is 17.7 Å². The Balaban J connectivity index is 1.95. The summed E-state index contributed by atoms with van der Waals surface area (Å²) in [6, 6.07) is 7.63. The predicted molar refractivity (Wildman–Crippen MR) is 80.7 cm³/mol. The van der Waals surface area contributed by atoms with Crippen LogP contribution in [0.5, 0.6) is 0 Å². The zero-order chi connectivity index (χ0) is 14.7. The summed E-state index contributed by atoms with van der Waals surface area (Å²) >= 11 is 5.96. The van der Waals surface area contributed by atoms with Gasteiger partial charge < -0.3 is 10.0 Å². The lowest BCUT2D eigenvalue weighted by Crippen LogP contribution is -2.47. The van der Waals surface area contributed by atoms with Crippen molar-refractivity contribution in [1.29, 1.82) is 0 Å². The molecule has 0 saturated carbocycles. The Bertz CT molecular complexity index is 477. The van der Waals surface area contributed by atoms with Crippen molar-refractivity contribution in [2.24, 2.45) is 11.8 Å². The second kappa shape index (κ2) is 6.59. The highest BCUT2D eigenvalue weighted by molar-refractivity contribution is 6.30. The minimum Gasteiger partial charge on any atom is -0.391 e. The van der Waals surface area contributed by atoms with Gasteiger partial charge in [0, 0.05) is 24.0 Å². The molecule has 1 aromatic carbocycles. The van der Waals surface area contributed by atoms with Crippen molar-refractivity contribution in [3.05, 3.63) is 34.9 Å². The van der Waals surface area contributed by atoms with E-state index in [2.05, 4.69) is 0 Å². The summed E-state index contributed by atoms with van der Waals surface area (Å²) in [6.45, 7) is 5.17. The zero-order valence-electron chi connectivity index (χ0n) is 12.1. The van der Waals surface area contributed by atoms with Crippen molar-refractivity contribution in [2.45, 2.75) is 32.8 Å². The minimum absolute atomic E-state index is 0.0888. The van der Waals surface area contributed by atoms with Crippen LogP contribution in [0.25, 0.3) is 0 Å². The van der Waals surface area contributed by atoms with Crippen molar-refractivity contribution in [1.82, 2.24) is 4.90 Å². The molecule has 3 atom stereocenters. The number of β-amino-alcohol motifs (C(OH)–C–C–N with tert-alkyl or cyclic N) is 1. The Kier molecular flexibility index (Phi) is 5.06. The summed E-state index contributed by atoms with van der Waals surface area (Å²) in [5, 5.41) is 10.6. The summed E-state index contributed by atoms with van der Waals surface area (Å²) in [5.41, 5.74) is 1.07. The van der Waals surface area contributed by atoms with E-state index in [4.69, 9.17) is 11.6 Å². The van der Waals surface area contributed by atoms with Crippen molar-refractivity contribution >= 4 is 17.5 Å². The quantitative estimate of drug-likeness (QED) is 0.931. The zero-order valence-corrected chi connectivity index (χ0v) is 12.8. The van der Waals surface area contributed by atoms with Gasteiger partial charge in [0.25, 0.3) is 0 Å². The standard InChI is InChI=1S/C16H22ClNO2/c1-11-6-7-18(10-15(11)19)16(20)12(2)8-13-4-3-5-14(17)9-13/h3-5,9,11-12,15,19H,6-8,10H2,1-2H3. The third-order valence-corrected chi connectivity index (χ3v) is 4.32. The largest absolute Gasteiger partial charge is 0.391 e. The Hall–Kier alpha value is -1.06. The second-order valence-electron chi connectivity index (χ2n) is 5.85. The number of amides is 1. The van der Waals surface area contributed by atoms with Crippen LogP contribution in [-0.4, -0.2) is 35.1 Å². The van der Waals surface area contributed by atoms with Crippen LogP contribution < -0.4 is 0 Å². The van der Waals surface area contributed by atoms with Crippen LogP contribution in [0.15, 0.2) is 24.3 Å². The average molecular weight is 296 g/mol. The van der Waals surface area contributed by atoms with E-state index in [0.29, 0.717) is 18.0 Å². The van der Waals surface area contributed by atoms with Gasteiger partial charge in [0.1, 0.15) is 0 Å². The van der Waals surface area contributed by atoms with Crippen LogP contribution in [-0.2, 0) is 11.2 Å². The maximum absolute atomic E-state index is 12.4. The number of benzene rings is 1. The first-order valence-corrected chi connectivity index (χ1v) is 7.56. The van der Waals surface area contributed by atoms with Crippen LogP contribution in [0.3, 0.4) is 0 Å². The number of piperidine rings is 1. The van der Waals surface area contributed by atoms with E-state index < -0.39 is 6.10 Å². The molecule has 0 bridgehead atoms. The number of hydrogen-bond acceptors (Lipinski definition) is 2. The third-order valence-electron chi connectivity index (χ3n) is 4.08. The number of likely N-dealkylation sites (tertiary alicyclic amines) is 1. The van der Waals surface area contributed by atoms with Crippen LogP contribution in [0, 0.1) is 11.8 Å². The fourth-order valence-electron chi connectivity index (χ4n) is 2.67. The van der Waals surface area contributed by atoms with Crippen LogP contribution >= 0.6 is 11.6 Å². The molecule has 1 saturated heterocycles. The maximum atomic E-state index is 12.4. The first-order valence-electron chi connectivity index (χ1n) is 7.18. The highest BCUT2D eigenvalue weighted by Crippen LogP contribution is 2.21. The van der Waals surface area contributed by atoms with Gasteiger partial charge >= 0.3 is 0 Å². The first kappa shape index (κ1) is 15.3. The van der Waals surface area contributed by atoms with E-state index in [1.807, 2.05) is 38.1 Å². The molecule has 110 valence electrons. The molecule has 0 spiro atoms. The molecule has 1 N–H and O–H groups in total. The number of carbonyl (C=O) groups excluding carboxylic acids is 1. The molecule has 1 aliphatic rings. The summed E-state index contributed by atoms with van der Waals surface area (Å²) in [5.74, 6) is 0.312. The number of nitrogens with zero attached hydrogens (tertiary/aromatic N) is 1. The molecular formula is C16H22ClNO2. The van der Waals surface area contributed by atoms with E-state index in [0.717, 1.165) is 18.5 Å². The van der Waals surface area contributed by atoms with Crippen molar-refractivity contribution in [3.8, 4) is 0 Å². The van der Waals surface area contributed by atoms with Crippen molar-refractivity contribution in [3.63, 3.8) is 0 Å². The fraction of sp³-hybridized carbons (Fsp3) is 0.562. The molecule has 3 unspecified atom stereocenters. The molecule has 20 heavy (non-hydrogen) atoms. The van der Waals surface area contributed by atoms with Gasteiger partial charge in [-0.25, -0.2) is 0 Å². The molecule has 1 aromatic rings. The Labute approximate surface area is 125 Å². The number of hydrogen-bond donors (Lipinski definition) is 1. The fourth-order valence-corrected chi connectivity index (χ4v) is 2.88. The van der Waals surface area contributed by atoms with E-state index in [9.17, 15) is 9.90 Å². The second-order valence-corrected chi connectivity index (χ2v) is 6.29. The average Bonchev–Trinajstić information content (AvgIpc) is 2.41. The predicted octanol–water partition coefficient (Wildman–Crippen LogP) is 2.75. The van der Waals surface area contributed by atoms with Crippen LogP contribution in [0.2, 0.25) is 5.02 Å². The molecule has 1 fully saturated rings. The Morgan fingerprint density at radius 1 is 1.55 bits per heavy atom. The van der Waals surface area contributed by atoms with Gasteiger partial charge in [0.15, 0.2) is 0 Å². The molecule has 1 aliphatic heterocycles. The lowest BCUT2D eigenvalue weighted by molar-refractivity contribution is -0.139. The molecule has 1 heterocycles. The van der Waals surface area contributed by atoms with Gasteiger partial charge in [-0.1, -0.05) is 37.6 Å². The molecule has 3 nitrogen and oxygen atoms in total. The molecule has 2 rings (SSSR count). The molecule has 0 aliphatic carbocycles. The molecule has 0 radical (unpaired) electrons. The maximum Gasteiger partial charge on any atom is 0.225 e. The number of halogens is 1. The van der Waals surface area contributed by atoms with E-state index in [1.54, 1.807) is 4.90 Å². The van der Waals surface area contributed by atoms with Crippen LogP contribution in [0.4, 0.5) is 0 Å². The first-order chi connectivity index (χ1) is 9.47. The van der Waals surface area contributed by atoms with Crippen molar-refractivity contribution < 1.29 is 9.90 Å². The number of carbonyl (C=O) groups is 1. The molecule has 1 amide bonds. The van der Waals surface area contributed by atoms with E-state index in [1.165, 1.54) is 0 Å². The van der Waals surface area contributed by atoms with Gasteiger partial charge in [0.2, 0.25) is 5.91 Å². The van der Waals surface area contributed by atoms with Gasteiger partial charge in [-0.15, -0.1) is 0 Å². The van der Waals surface area contributed by atoms with Crippen molar-refractivity contribution in [2.75, 3.05) is 13.1 Å². The van der Waals surface area contributed by atoms with Crippen LogP contribution in [0.1, 0.15) is 25.8 Å². The lowest BCUT2D eigenvalue weighted by atomic mass is 9.93. The molecule has 0 aromatic heterocycles.